The van der Waals surface area contributed by atoms with Gasteiger partial charge in [0.2, 0.25) is 0 Å². The number of benzene rings is 2. The first-order chi connectivity index (χ1) is 13.0. The summed E-state index contributed by atoms with van der Waals surface area (Å²) in [6.45, 7) is 2.15. The summed E-state index contributed by atoms with van der Waals surface area (Å²) in [5, 5.41) is 2.01. The zero-order valence-electron chi connectivity index (χ0n) is 15.6. The Labute approximate surface area is 156 Å². The number of allylic oxidation sites excluding steroid dienone is 1. The van der Waals surface area contributed by atoms with E-state index in [0.29, 0.717) is 22.1 Å². The van der Waals surface area contributed by atoms with E-state index in [4.69, 9.17) is 0 Å². The Hall–Kier alpha value is -3.14. The lowest BCUT2D eigenvalue weighted by Gasteiger charge is -2.21. The fourth-order valence-corrected chi connectivity index (χ4v) is 4.38. The van der Waals surface area contributed by atoms with Crippen molar-refractivity contribution in [2.24, 2.45) is 20.0 Å². The molecule has 1 unspecified atom stereocenters. The van der Waals surface area contributed by atoms with Gasteiger partial charge < -0.3 is 9.13 Å². The summed E-state index contributed by atoms with van der Waals surface area (Å²) in [5.41, 5.74) is 4.35. The number of hydrogen-bond donors (Lipinski definition) is 0. The van der Waals surface area contributed by atoms with Crippen molar-refractivity contribution in [3.8, 4) is 0 Å². The first kappa shape index (κ1) is 16.1. The van der Waals surface area contributed by atoms with Gasteiger partial charge in [0.05, 0.1) is 16.6 Å². The molecule has 0 radical (unpaired) electrons. The van der Waals surface area contributed by atoms with Crippen molar-refractivity contribution in [3.63, 3.8) is 0 Å². The second-order valence-corrected chi connectivity index (χ2v) is 7.58. The highest BCUT2D eigenvalue weighted by atomic mass is 16.1. The summed E-state index contributed by atoms with van der Waals surface area (Å²) < 4.78 is 4.09. The van der Waals surface area contributed by atoms with Gasteiger partial charge in [0, 0.05) is 41.5 Å². The Balaban J connectivity index is 2.02. The molecule has 4 nitrogen and oxygen atoms in total. The SMILES string of the molecule is CC1C=Cc2c(n(C)c3cc4c(=O)c5ccccc5n(C)c4cc3c2=O)C1. The molecule has 0 amide bonds. The molecule has 134 valence electrons. The predicted octanol–water partition coefficient (Wildman–Crippen LogP) is 3.75. The molecule has 0 spiro atoms. The Kier molecular flexibility index (Phi) is 3.23. The lowest BCUT2D eigenvalue weighted by Crippen LogP contribution is -2.21. The quantitative estimate of drug-likeness (QED) is 0.451. The van der Waals surface area contributed by atoms with Crippen LogP contribution in [0.15, 0.2) is 52.1 Å². The van der Waals surface area contributed by atoms with Crippen LogP contribution >= 0.6 is 0 Å². The molecule has 2 aromatic heterocycles. The molecule has 1 aliphatic carbocycles. The standard InChI is InChI=1S/C23H20N2O2/c1-13-8-9-15-19(10-13)25(3)21-12-16-20(11-17(21)23(15)27)24(2)18-7-5-4-6-14(18)22(16)26/h4-9,11-13H,10H2,1-3H3. The molecule has 4 aromatic rings. The van der Waals surface area contributed by atoms with Gasteiger partial charge in [-0.15, -0.1) is 0 Å². The molecule has 2 heterocycles. The zero-order chi connectivity index (χ0) is 18.9. The number of hydrogen-bond acceptors (Lipinski definition) is 2. The molecule has 0 saturated heterocycles. The maximum atomic E-state index is 13.2. The third-order valence-electron chi connectivity index (χ3n) is 5.90. The Morgan fingerprint density at radius 2 is 1.52 bits per heavy atom. The molecular weight excluding hydrogens is 336 g/mol. The third kappa shape index (κ3) is 2.10. The molecule has 27 heavy (non-hydrogen) atoms. The van der Waals surface area contributed by atoms with E-state index in [1.807, 2.05) is 61.1 Å². The number of nitrogens with zero attached hydrogens (tertiary/aromatic N) is 2. The minimum atomic E-state index is 0.0130. The van der Waals surface area contributed by atoms with E-state index < -0.39 is 0 Å². The number of rotatable bonds is 0. The van der Waals surface area contributed by atoms with Crippen molar-refractivity contribution in [2.75, 3.05) is 0 Å². The molecule has 1 aliphatic rings. The summed E-state index contributed by atoms with van der Waals surface area (Å²) in [4.78, 5) is 26.3. The van der Waals surface area contributed by atoms with Gasteiger partial charge in [0.1, 0.15) is 0 Å². The Bertz CT molecular complexity index is 1420. The van der Waals surface area contributed by atoms with E-state index in [9.17, 15) is 9.59 Å². The summed E-state index contributed by atoms with van der Waals surface area (Å²) >= 11 is 0. The second-order valence-electron chi connectivity index (χ2n) is 7.58. The van der Waals surface area contributed by atoms with Gasteiger partial charge in [-0.2, -0.15) is 0 Å². The number of fused-ring (bicyclic) bond motifs is 4. The summed E-state index contributed by atoms with van der Waals surface area (Å²) in [6.07, 6.45) is 4.88. The number of para-hydroxylation sites is 1. The lowest BCUT2D eigenvalue weighted by atomic mass is 9.92. The maximum absolute atomic E-state index is 13.2. The minimum Gasteiger partial charge on any atom is -0.347 e. The summed E-state index contributed by atoms with van der Waals surface area (Å²) in [5.74, 6) is 0.401. The minimum absolute atomic E-state index is 0.0130. The van der Waals surface area contributed by atoms with Crippen LogP contribution in [0.3, 0.4) is 0 Å². The molecule has 0 aliphatic heterocycles. The van der Waals surface area contributed by atoms with Gasteiger partial charge in [0.25, 0.3) is 0 Å². The normalized spacial score (nSPS) is 16.3. The van der Waals surface area contributed by atoms with E-state index in [1.165, 1.54) is 0 Å². The van der Waals surface area contributed by atoms with Crippen molar-refractivity contribution in [2.45, 2.75) is 13.3 Å². The van der Waals surface area contributed by atoms with E-state index in [0.717, 1.165) is 34.2 Å². The number of aromatic nitrogens is 2. The Morgan fingerprint density at radius 1 is 0.852 bits per heavy atom. The first-order valence-corrected chi connectivity index (χ1v) is 9.22. The van der Waals surface area contributed by atoms with Crippen LogP contribution in [0.2, 0.25) is 0 Å². The zero-order valence-corrected chi connectivity index (χ0v) is 15.6. The number of pyridine rings is 2. The molecular formula is C23H20N2O2. The van der Waals surface area contributed by atoms with Crippen molar-refractivity contribution in [1.29, 1.82) is 0 Å². The van der Waals surface area contributed by atoms with Crippen molar-refractivity contribution < 1.29 is 0 Å². The third-order valence-corrected chi connectivity index (χ3v) is 5.90. The molecule has 2 aromatic carbocycles. The van der Waals surface area contributed by atoms with Crippen LogP contribution in [-0.4, -0.2) is 9.13 Å². The van der Waals surface area contributed by atoms with Crippen LogP contribution in [0, 0.1) is 5.92 Å². The molecule has 0 fully saturated rings. The van der Waals surface area contributed by atoms with E-state index in [2.05, 4.69) is 17.6 Å². The van der Waals surface area contributed by atoms with E-state index in [1.54, 1.807) is 0 Å². The molecule has 0 N–H and O–H groups in total. The van der Waals surface area contributed by atoms with Crippen LogP contribution in [0.4, 0.5) is 0 Å². The van der Waals surface area contributed by atoms with Crippen molar-refractivity contribution >= 4 is 38.8 Å². The van der Waals surface area contributed by atoms with Crippen LogP contribution in [0.25, 0.3) is 38.8 Å². The van der Waals surface area contributed by atoms with Crippen molar-refractivity contribution in [3.05, 3.63) is 74.2 Å². The molecule has 0 saturated carbocycles. The average molecular weight is 356 g/mol. The average Bonchev–Trinajstić information content (AvgIpc) is 2.69. The second kappa shape index (κ2) is 5.43. The molecule has 1 atom stereocenters. The van der Waals surface area contributed by atoms with Gasteiger partial charge in [-0.25, -0.2) is 0 Å². The number of aryl methyl sites for hydroxylation is 2. The topological polar surface area (TPSA) is 44.0 Å². The van der Waals surface area contributed by atoms with Crippen LogP contribution in [-0.2, 0) is 20.5 Å². The highest BCUT2D eigenvalue weighted by Gasteiger charge is 2.20. The van der Waals surface area contributed by atoms with Gasteiger partial charge in [0.15, 0.2) is 10.9 Å². The van der Waals surface area contributed by atoms with Gasteiger partial charge in [-0.3, -0.25) is 9.59 Å². The molecule has 0 bridgehead atoms. The molecule has 5 rings (SSSR count). The highest BCUT2D eigenvalue weighted by molar-refractivity contribution is 6.01. The van der Waals surface area contributed by atoms with E-state index in [-0.39, 0.29) is 10.9 Å². The fourth-order valence-electron chi connectivity index (χ4n) is 4.38. The summed E-state index contributed by atoms with van der Waals surface area (Å²) in [6, 6.07) is 11.4. The molecule has 4 heteroatoms. The van der Waals surface area contributed by atoms with Gasteiger partial charge in [-0.1, -0.05) is 31.2 Å². The maximum Gasteiger partial charge on any atom is 0.197 e. The lowest BCUT2D eigenvalue weighted by molar-refractivity contribution is 0.667. The fraction of sp³-hybridized carbons (Fsp3) is 0.217. The van der Waals surface area contributed by atoms with Crippen LogP contribution in [0.5, 0.6) is 0 Å². The van der Waals surface area contributed by atoms with E-state index >= 15 is 0 Å². The highest BCUT2D eigenvalue weighted by Crippen LogP contribution is 2.27. The summed E-state index contributed by atoms with van der Waals surface area (Å²) in [7, 11) is 3.93. The van der Waals surface area contributed by atoms with Gasteiger partial charge >= 0.3 is 0 Å². The monoisotopic (exact) mass is 356 g/mol. The first-order valence-electron chi connectivity index (χ1n) is 9.22. The Morgan fingerprint density at radius 3 is 2.30 bits per heavy atom. The van der Waals surface area contributed by atoms with Crippen molar-refractivity contribution in [1.82, 2.24) is 9.13 Å². The van der Waals surface area contributed by atoms with Gasteiger partial charge in [-0.05, 0) is 36.6 Å². The van der Waals surface area contributed by atoms with Crippen LogP contribution < -0.4 is 10.9 Å². The largest absolute Gasteiger partial charge is 0.347 e. The van der Waals surface area contributed by atoms with Crippen LogP contribution in [0.1, 0.15) is 18.2 Å². The predicted molar refractivity (Wildman–Crippen MR) is 111 cm³/mol. The smallest absolute Gasteiger partial charge is 0.197 e.